The van der Waals surface area contributed by atoms with Gasteiger partial charge >= 0.3 is 0 Å². The lowest BCUT2D eigenvalue weighted by Crippen LogP contribution is -2.04. The zero-order valence-electron chi connectivity index (χ0n) is 6.75. The van der Waals surface area contributed by atoms with Crippen molar-refractivity contribution in [1.29, 1.82) is 0 Å². The van der Waals surface area contributed by atoms with E-state index in [1.165, 1.54) is 0 Å². The fraction of sp³-hybridized carbons (Fsp3) is 0.111. The average Bonchev–Trinajstić information content (AvgIpc) is 2.46. The van der Waals surface area contributed by atoms with Crippen LogP contribution in [-0.2, 0) is 6.54 Å². The normalized spacial score (nSPS) is 10.9. The highest BCUT2D eigenvalue weighted by molar-refractivity contribution is 9.10. The van der Waals surface area contributed by atoms with Crippen LogP contribution in [0.25, 0.3) is 11.0 Å². The van der Waals surface area contributed by atoms with E-state index >= 15 is 0 Å². The predicted octanol–water partition coefficient (Wildman–Crippen LogP) is 2.67. The molecule has 2 aromatic rings. The Labute approximate surface area is 83.4 Å². The minimum absolute atomic E-state index is 0.326. The van der Waals surface area contributed by atoms with Gasteiger partial charge in [0.05, 0.1) is 6.54 Å². The van der Waals surface area contributed by atoms with Gasteiger partial charge in [0, 0.05) is 9.86 Å². The summed E-state index contributed by atoms with van der Waals surface area (Å²) >= 11 is 3.36. The van der Waals surface area contributed by atoms with E-state index in [2.05, 4.69) is 21.4 Å². The molecule has 0 unspecified atom stereocenters. The molecule has 0 aliphatic heterocycles. The molecule has 0 saturated heterocycles. The molecule has 0 radical (unpaired) electrons. The lowest BCUT2D eigenvalue weighted by Gasteiger charge is -1.90. The molecule has 68 valence electrons. The number of halogens is 1. The smallest absolute Gasteiger partial charge is 0.135 e. The molecule has 2 N–H and O–H groups in total. The van der Waals surface area contributed by atoms with Gasteiger partial charge in [-0.05, 0) is 24.3 Å². The van der Waals surface area contributed by atoms with Crippen molar-refractivity contribution in [2.75, 3.05) is 0 Å². The van der Waals surface area contributed by atoms with Crippen molar-refractivity contribution in [2.24, 2.45) is 0 Å². The summed E-state index contributed by atoms with van der Waals surface area (Å²) in [4.78, 5) is 0. The molecule has 0 atom stereocenters. The molecule has 4 heteroatoms. The molecule has 0 amide bonds. The second kappa shape index (κ2) is 3.49. The first-order chi connectivity index (χ1) is 6.29. The van der Waals surface area contributed by atoms with Crippen molar-refractivity contribution in [3.63, 3.8) is 0 Å². The molecule has 0 aliphatic rings. The van der Waals surface area contributed by atoms with E-state index in [9.17, 15) is 0 Å². The quantitative estimate of drug-likeness (QED) is 0.795. The molecule has 2 rings (SSSR count). The molecule has 13 heavy (non-hydrogen) atoms. The first-order valence-corrected chi connectivity index (χ1v) is 4.64. The van der Waals surface area contributed by atoms with Gasteiger partial charge in [0.1, 0.15) is 11.3 Å². The molecule has 0 aliphatic carbocycles. The van der Waals surface area contributed by atoms with E-state index in [0.717, 1.165) is 21.2 Å². The summed E-state index contributed by atoms with van der Waals surface area (Å²) in [5.41, 5.74) is 2.87. The van der Waals surface area contributed by atoms with Crippen LogP contribution in [0.15, 0.2) is 33.2 Å². The Morgan fingerprint density at radius 2 is 2.23 bits per heavy atom. The standard InChI is InChI=1S/C9H8BrNO2/c10-7-2-1-6-3-8(5-11-12)13-9(6)4-7/h1-4,11-12H,5H2. The van der Waals surface area contributed by atoms with Crippen molar-refractivity contribution < 1.29 is 9.62 Å². The second-order valence-corrected chi connectivity index (χ2v) is 3.65. The highest BCUT2D eigenvalue weighted by Gasteiger charge is 2.02. The number of hydrogen-bond acceptors (Lipinski definition) is 3. The van der Waals surface area contributed by atoms with Crippen LogP contribution in [0.4, 0.5) is 0 Å². The van der Waals surface area contributed by atoms with Gasteiger partial charge in [-0.15, -0.1) is 0 Å². The Balaban J connectivity index is 2.49. The topological polar surface area (TPSA) is 45.4 Å². The van der Waals surface area contributed by atoms with Crippen molar-refractivity contribution in [1.82, 2.24) is 5.48 Å². The summed E-state index contributed by atoms with van der Waals surface area (Å²) in [6.07, 6.45) is 0. The maximum absolute atomic E-state index is 8.48. The number of benzene rings is 1. The lowest BCUT2D eigenvalue weighted by atomic mass is 10.2. The number of fused-ring (bicyclic) bond motifs is 1. The van der Waals surface area contributed by atoms with E-state index in [4.69, 9.17) is 9.62 Å². The number of furan rings is 1. The zero-order valence-corrected chi connectivity index (χ0v) is 8.34. The van der Waals surface area contributed by atoms with Crippen LogP contribution in [-0.4, -0.2) is 5.21 Å². The Hall–Kier alpha value is -0.840. The van der Waals surface area contributed by atoms with Gasteiger partial charge in [-0.3, -0.25) is 0 Å². The third-order valence-electron chi connectivity index (χ3n) is 1.79. The van der Waals surface area contributed by atoms with Crippen molar-refractivity contribution in [2.45, 2.75) is 6.54 Å². The molecule has 0 fully saturated rings. The van der Waals surface area contributed by atoms with E-state index in [1.807, 2.05) is 24.3 Å². The fourth-order valence-electron chi connectivity index (χ4n) is 1.23. The average molecular weight is 242 g/mol. The van der Waals surface area contributed by atoms with Crippen LogP contribution in [0.1, 0.15) is 5.76 Å². The fourth-order valence-corrected chi connectivity index (χ4v) is 1.57. The maximum Gasteiger partial charge on any atom is 0.135 e. The number of hydrogen-bond donors (Lipinski definition) is 2. The lowest BCUT2D eigenvalue weighted by molar-refractivity contribution is 0.154. The second-order valence-electron chi connectivity index (χ2n) is 2.73. The predicted molar refractivity (Wildman–Crippen MR) is 52.5 cm³/mol. The maximum atomic E-state index is 8.48. The van der Waals surface area contributed by atoms with Gasteiger partial charge in [-0.25, -0.2) is 0 Å². The summed E-state index contributed by atoms with van der Waals surface area (Å²) < 4.78 is 6.42. The molecular formula is C9H8BrNO2. The summed E-state index contributed by atoms with van der Waals surface area (Å²) in [5, 5.41) is 9.52. The Bertz CT molecular complexity index is 424. The van der Waals surface area contributed by atoms with Gasteiger partial charge in [0.25, 0.3) is 0 Å². The minimum Gasteiger partial charge on any atom is -0.460 e. The van der Waals surface area contributed by atoms with E-state index in [0.29, 0.717) is 6.54 Å². The molecule has 3 nitrogen and oxygen atoms in total. The van der Waals surface area contributed by atoms with Gasteiger partial charge < -0.3 is 9.62 Å². The van der Waals surface area contributed by atoms with Crippen molar-refractivity contribution >= 4 is 26.9 Å². The van der Waals surface area contributed by atoms with Gasteiger partial charge in [0.15, 0.2) is 0 Å². The number of nitrogens with one attached hydrogen (secondary N) is 1. The molecular weight excluding hydrogens is 234 g/mol. The minimum atomic E-state index is 0.326. The Morgan fingerprint density at radius 3 is 3.00 bits per heavy atom. The Morgan fingerprint density at radius 1 is 1.38 bits per heavy atom. The number of hydroxylamine groups is 1. The zero-order chi connectivity index (χ0) is 9.26. The van der Waals surface area contributed by atoms with E-state index in [-0.39, 0.29) is 0 Å². The van der Waals surface area contributed by atoms with Gasteiger partial charge in [-0.1, -0.05) is 15.9 Å². The van der Waals surface area contributed by atoms with Crippen LogP contribution in [0.3, 0.4) is 0 Å². The molecule has 1 aromatic heterocycles. The summed E-state index contributed by atoms with van der Waals surface area (Å²) in [5.74, 6) is 0.718. The van der Waals surface area contributed by atoms with E-state index in [1.54, 1.807) is 0 Å². The summed E-state index contributed by atoms with van der Waals surface area (Å²) in [6.45, 7) is 0.326. The van der Waals surface area contributed by atoms with Gasteiger partial charge in [0.2, 0.25) is 0 Å². The SMILES string of the molecule is ONCc1cc2ccc(Br)cc2o1. The largest absolute Gasteiger partial charge is 0.460 e. The van der Waals surface area contributed by atoms with Crippen LogP contribution in [0.5, 0.6) is 0 Å². The molecule has 1 heterocycles. The van der Waals surface area contributed by atoms with Crippen LogP contribution in [0.2, 0.25) is 0 Å². The number of rotatable bonds is 2. The highest BCUT2D eigenvalue weighted by atomic mass is 79.9. The third kappa shape index (κ3) is 1.75. The third-order valence-corrected chi connectivity index (χ3v) is 2.28. The summed E-state index contributed by atoms with van der Waals surface area (Å²) in [7, 11) is 0. The van der Waals surface area contributed by atoms with Crippen LogP contribution in [0, 0.1) is 0 Å². The van der Waals surface area contributed by atoms with Gasteiger partial charge in [-0.2, -0.15) is 5.48 Å². The van der Waals surface area contributed by atoms with Crippen molar-refractivity contribution in [3.8, 4) is 0 Å². The summed E-state index contributed by atoms with van der Waals surface area (Å²) in [6, 6.07) is 7.71. The highest BCUT2D eigenvalue weighted by Crippen LogP contribution is 2.22. The van der Waals surface area contributed by atoms with E-state index < -0.39 is 0 Å². The van der Waals surface area contributed by atoms with Crippen LogP contribution >= 0.6 is 15.9 Å². The van der Waals surface area contributed by atoms with Crippen molar-refractivity contribution in [3.05, 3.63) is 34.5 Å². The first-order valence-electron chi connectivity index (χ1n) is 3.84. The van der Waals surface area contributed by atoms with Crippen LogP contribution < -0.4 is 5.48 Å². The molecule has 0 spiro atoms. The molecule has 1 aromatic carbocycles. The molecule has 0 saturated carbocycles. The monoisotopic (exact) mass is 241 g/mol. The molecule has 0 bridgehead atoms. The first kappa shape index (κ1) is 8.74. The Kier molecular flexibility index (Phi) is 2.35.